The highest BCUT2D eigenvalue weighted by atomic mass is 79.9. The van der Waals surface area contributed by atoms with Crippen molar-refractivity contribution in [3.63, 3.8) is 0 Å². The maximum atomic E-state index is 11.7. The molecule has 0 saturated heterocycles. The van der Waals surface area contributed by atoms with Crippen molar-refractivity contribution in [2.24, 2.45) is 5.73 Å². The molecule has 0 aliphatic rings. The first-order chi connectivity index (χ1) is 8.04. The maximum absolute atomic E-state index is 11.7. The summed E-state index contributed by atoms with van der Waals surface area (Å²) >= 11 is 9.22. The molecule has 17 heavy (non-hydrogen) atoms. The van der Waals surface area contributed by atoms with E-state index in [0.717, 1.165) is 17.3 Å². The first-order valence-electron chi connectivity index (χ1n) is 5.56. The third kappa shape index (κ3) is 4.66. The predicted molar refractivity (Wildman–Crippen MR) is 75.3 cm³/mol. The average Bonchev–Trinajstić information content (AvgIpc) is 2.30. The molecule has 5 heteroatoms. The number of carbonyl (C=O) groups is 1. The summed E-state index contributed by atoms with van der Waals surface area (Å²) in [5.74, 6) is -0.170. The molecule has 1 aromatic rings. The van der Waals surface area contributed by atoms with E-state index < -0.39 is 6.04 Å². The van der Waals surface area contributed by atoms with Gasteiger partial charge in [-0.05, 0) is 40.5 Å². The Labute approximate surface area is 115 Å². The van der Waals surface area contributed by atoms with E-state index in [9.17, 15) is 4.79 Å². The van der Waals surface area contributed by atoms with Gasteiger partial charge in [-0.3, -0.25) is 4.79 Å². The second-order valence-electron chi connectivity index (χ2n) is 3.87. The fourth-order valence-electron chi connectivity index (χ4n) is 1.36. The zero-order valence-corrected chi connectivity index (χ0v) is 12.0. The predicted octanol–water partition coefficient (Wildman–Crippen LogP) is 3.56. The summed E-state index contributed by atoms with van der Waals surface area (Å²) in [6.07, 6.45) is 2.69. The molecule has 0 unspecified atom stereocenters. The summed E-state index contributed by atoms with van der Waals surface area (Å²) in [6, 6.07) is 4.80. The minimum absolute atomic E-state index is 0.170. The number of unbranched alkanes of at least 4 members (excludes halogenated alkanes) is 1. The van der Waals surface area contributed by atoms with Crippen molar-refractivity contribution >= 4 is 39.1 Å². The third-order valence-electron chi connectivity index (χ3n) is 2.39. The molecule has 0 aromatic heterocycles. The molecule has 0 bridgehead atoms. The number of nitrogens with two attached hydrogens (primary N) is 1. The Morgan fingerprint density at radius 3 is 2.88 bits per heavy atom. The lowest BCUT2D eigenvalue weighted by Gasteiger charge is -2.12. The van der Waals surface area contributed by atoms with Crippen LogP contribution < -0.4 is 11.1 Å². The molecule has 1 atom stereocenters. The van der Waals surface area contributed by atoms with Gasteiger partial charge in [0.15, 0.2) is 0 Å². The quantitative estimate of drug-likeness (QED) is 0.872. The van der Waals surface area contributed by atoms with E-state index in [0.29, 0.717) is 17.1 Å². The van der Waals surface area contributed by atoms with Gasteiger partial charge in [0, 0.05) is 10.2 Å². The van der Waals surface area contributed by atoms with Crippen LogP contribution in [-0.4, -0.2) is 11.9 Å². The molecule has 0 aliphatic carbocycles. The summed E-state index contributed by atoms with van der Waals surface area (Å²) < 4.78 is 0.799. The molecular formula is C12H16BrClN2O. The van der Waals surface area contributed by atoms with Crippen molar-refractivity contribution in [3.05, 3.63) is 27.7 Å². The van der Waals surface area contributed by atoms with Crippen LogP contribution in [0, 0.1) is 0 Å². The van der Waals surface area contributed by atoms with Crippen molar-refractivity contribution in [3.8, 4) is 0 Å². The van der Waals surface area contributed by atoms with Gasteiger partial charge >= 0.3 is 0 Å². The van der Waals surface area contributed by atoms with Gasteiger partial charge in [0.05, 0.1) is 11.1 Å². The Hall–Kier alpha value is -0.580. The number of carbonyl (C=O) groups excluding carboxylic acids is 1. The van der Waals surface area contributed by atoms with Crippen LogP contribution in [0.25, 0.3) is 0 Å². The van der Waals surface area contributed by atoms with Crippen LogP contribution in [0.5, 0.6) is 0 Å². The molecule has 3 nitrogen and oxygen atoms in total. The first-order valence-corrected chi connectivity index (χ1v) is 6.73. The Kier molecular flexibility index (Phi) is 5.95. The number of hydrogen-bond donors (Lipinski definition) is 2. The highest BCUT2D eigenvalue weighted by Crippen LogP contribution is 2.25. The van der Waals surface area contributed by atoms with E-state index in [1.54, 1.807) is 18.2 Å². The lowest BCUT2D eigenvalue weighted by atomic mass is 10.1. The van der Waals surface area contributed by atoms with Crippen LogP contribution in [0.4, 0.5) is 5.69 Å². The van der Waals surface area contributed by atoms with E-state index in [1.165, 1.54) is 0 Å². The summed E-state index contributed by atoms with van der Waals surface area (Å²) in [4.78, 5) is 11.7. The number of amides is 1. The fraction of sp³-hybridized carbons (Fsp3) is 0.417. The Morgan fingerprint density at radius 1 is 1.59 bits per heavy atom. The zero-order chi connectivity index (χ0) is 12.8. The Bertz CT molecular complexity index is 398. The fourth-order valence-corrected chi connectivity index (χ4v) is 1.79. The standard InChI is InChI=1S/C12H16BrClN2O/c1-2-3-4-11(15)12(17)16-8-5-6-9(13)10(14)7-8/h5-7,11H,2-4,15H2,1H3,(H,16,17)/t11-/m0/s1. The highest BCUT2D eigenvalue weighted by molar-refractivity contribution is 9.10. The summed E-state index contributed by atoms with van der Waals surface area (Å²) in [5, 5.41) is 3.31. The molecule has 0 aliphatic heterocycles. The highest BCUT2D eigenvalue weighted by Gasteiger charge is 2.13. The van der Waals surface area contributed by atoms with Crippen LogP contribution in [0.1, 0.15) is 26.2 Å². The number of benzene rings is 1. The van der Waals surface area contributed by atoms with Crippen molar-refractivity contribution in [2.75, 3.05) is 5.32 Å². The number of rotatable bonds is 5. The van der Waals surface area contributed by atoms with Crippen molar-refractivity contribution in [1.82, 2.24) is 0 Å². The monoisotopic (exact) mass is 318 g/mol. The molecule has 0 heterocycles. The Morgan fingerprint density at radius 2 is 2.29 bits per heavy atom. The number of hydrogen-bond acceptors (Lipinski definition) is 2. The van der Waals surface area contributed by atoms with Gasteiger partial charge < -0.3 is 11.1 Å². The van der Waals surface area contributed by atoms with Gasteiger partial charge in [0.1, 0.15) is 0 Å². The van der Waals surface area contributed by atoms with Crippen LogP contribution in [-0.2, 0) is 4.79 Å². The largest absolute Gasteiger partial charge is 0.325 e. The lowest BCUT2D eigenvalue weighted by Crippen LogP contribution is -2.35. The molecule has 0 spiro atoms. The zero-order valence-electron chi connectivity index (χ0n) is 9.67. The smallest absolute Gasteiger partial charge is 0.241 e. The molecular weight excluding hydrogens is 304 g/mol. The van der Waals surface area contributed by atoms with E-state index in [4.69, 9.17) is 17.3 Å². The SMILES string of the molecule is CCCC[C@H](N)C(=O)Nc1ccc(Br)c(Cl)c1. The van der Waals surface area contributed by atoms with Crippen molar-refractivity contribution in [2.45, 2.75) is 32.2 Å². The molecule has 0 radical (unpaired) electrons. The van der Waals surface area contributed by atoms with Gasteiger partial charge in [-0.25, -0.2) is 0 Å². The first kappa shape index (κ1) is 14.5. The third-order valence-corrected chi connectivity index (χ3v) is 3.63. The van der Waals surface area contributed by atoms with Gasteiger partial charge in [0.25, 0.3) is 0 Å². The van der Waals surface area contributed by atoms with Gasteiger partial charge in [0.2, 0.25) is 5.91 Å². The van der Waals surface area contributed by atoms with Crippen LogP contribution in [0.3, 0.4) is 0 Å². The maximum Gasteiger partial charge on any atom is 0.241 e. The van der Waals surface area contributed by atoms with Crippen LogP contribution in [0.15, 0.2) is 22.7 Å². The summed E-state index contributed by atoms with van der Waals surface area (Å²) in [6.45, 7) is 2.07. The lowest BCUT2D eigenvalue weighted by molar-refractivity contribution is -0.117. The number of nitrogens with one attached hydrogen (secondary N) is 1. The van der Waals surface area contributed by atoms with Crippen LogP contribution in [0.2, 0.25) is 5.02 Å². The van der Waals surface area contributed by atoms with E-state index in [2.05, 4.69) is 28.2 Å². The average molecular weight is 320 g/mol. The molecule has 0 fully saturated rings. The molecule has 1 amide bonds. The van der Waals surface area contributed by atoms with Crippen molar-refractivity contribution < 1.29 is 4.79 Å². The Balaban J connectivity index is 2.58. The molecule has 0 saturated carbocycles. The van der Waals surface area contributed by atoms with E-state index in [-0.39, 0.29) is 5.91 Å². The minimum Gasteiger partial charge on any atom is -0.325 e. The number of anilines is 1. The topological polar surface area (TPSA) is 55.1 Å². The summed E-state index contributed by atoms with van der Waals surface area (Å²) in [7, 11) is 0. The summed E-state index contributed by atoms with van der Waals surface area (Å²) in [5.41, 5.74) is 6.43. The molecule has 3 N–H and O–H groups in total. The van der Waals surface area contributed by atoms with Gasteiger partial charge in [-0.15, -0.1) is 0 Å². The van der Waals surface area contributed by atoms with Gasteiger partial charge in [-0.1, -0.05) is 31.4 Å². The molecule has 94 valence electrons. The van der Waals surface area contributed by atoms with Crippen LogP contribution >= 0.6 is 27.5 Å². The molecule has 1 rings (SSSR count). The second-order valence-corrected chi connectivity index (χ2v) is 5.13. The minimum atomic E-state index is -0.461. The normalized spacial score (nSPS) is 12.2. The van der Waals surface area contributed by atoms with E-state index >= 15 is 0 Å². The number of halogens is 2. The van der Waals surface area contributed by atoms with Crippen molar-refractivity contribution in [1.29, 1.82) is 0 Å². The van der Waals surface area contributed by atoms with E-state index in [1.807, 2.05) is 0 Å². The second kappa shape index (κ2) is 6.99. The molecule has 1 aromatic carbocycles. The van der Waals surface area contributed by atoms with Gasteiger partial charge in [-0.2, -0.15) is 0 Å².